The second kappa shape index (κ2) is 12.6. The summed E-state index contributed by atoms with van der Waals surface area (Å²) in [4.78, 5) is 46.9. The fourth-order valence-corrected chi connectivity index (χ4v) is 5.49. The maximum Gasteiger partial charge on any atom is 0.408 e. The van der Waals surface area contributed by atoms with Gasteiger partial charge in [-0.15, -0.1) is 0 Å². The summed E-state index contributed by atoms with van der Waals surface area (Å²) < 4.78 is 16.8. The minimum atomic E-state index is -0.637. The summed E-state index contributed by atoms with van der Waals surface area (Å²) in [5, 5.41) is 6.44. The van der Waals surface area contributed by atoms with Gasteiger partial charge in [0.25, 0.3) is 5.91 Å². The molecule has 2 aromatic carbocycles. The third-order valence-electron chi connectivity index (χ3n) is 6.54. The third kappa shape index (κ3) is 7.37. The highest BCUT2D eigenvalue weighted by molar-refractivity contribution is 7.22. The number of benzene rings is 2. The molecule has 0 saturated carbocycles. The van der Waals surface area contributed by atoms with Crippen LogP contribution in [-0.2, 0) is 9.53 Å². The van der Waals surface area contributed by atoms with E-state index in [0.717, 1.165) is 15.3 Å². The Labute approximate surface area is 243 Å². The molecule has 1 fully saturated rings. The number of alkyl carbamates (subject to hydrolysis) is 1. The van der Waals surface area contributed by atoms with Gasteiger partial charge in [0.1, 0.15) is 11.6 Å². The number of nitrogens with zero attached hydrogens (tertiary/aromatic N) is 3. The van der Waals surface area contributed by atoms with Crippen LogP contribution in [0.5, 0.6) is 11.5 Å². The van der Waals surface area contributed by atoms with Crippen molar-refractivity contribution in [3.8, 4) is 11.5 Å². The van der Waals surface area contributed by atoms with Gasteiger partial charge in [0.05, 0.1) is 24.4 Å². The van der Waals surface area contributed by atoms with E-state index in [1.165, 1.54) is 11.3 Å². The Morgan fingerprint density at radius 2 is 1.71 bits per heavy atom. The molecule has 1 aromatic heterocycles. The molecule has 1 saturated heterocycles. The molecule has 0 aliphatic carbocycles. The fraction of sp³-hybridized carbons (Fsp3) is 0.448. The van der Waals surface area contributed by atoms with Gasteiger partial charge in [-0.3, -0.25) is 9.59 Å². The molecule has 3 amide bonds. The normalized spacial score (nSPS) is 14.4. The quantitative estimate of drug-likeness (QED) is 0.397. The van der Waals surface area contributed by atoms with E-state index in [1.807, 2.05) is 19.1 Å². The highest BCUT2D eigenvalue weighted by Gasteiger charge is 2.30. The Hall–Kier alpha value is -4.06. The van der Waals surface area contributed by atoms with E-state index in [1.54, 1.807) is 64.2 Å². The van der Waals surface area contributed by atoms with Gasteiger partial charge >= 0.3 is 6.09 Å². The van der Waals surface area contributed by atoms with E-state index in [0.29, 0.717) is 55.3 Å². The maximum atomic E-state index is 13.1. The number of anilines is 2. The number of rotatable bonds is 8. The van der Waals surface area contributed by atoms with E-state index in [9.17, 15) is 14.4 Å². The highest BCUT2D eigenvalue weighted by atomic mass is 32.1. The number of hydrogen-bond donors (Lipinski definition) is 2. The number of amides is 3. The van der Waals surface area contributed by atoms with E-state index < -0.39 is 17.7 Å². The van der Waals surface area contributed by atoms with E-state index in [-0.39, 0.29) is 11.8 Å². The van der Waals surface area contributed by atoms with Crippen LogP contribution in [0.15, 0.2) is 36.4 Å². The maximum absolute atomic E-state index is 13.1. The van der Waals surface area contributed by atoms with E-state index in [2.05, 4.69) is 15.5 Å². The van der Waals surface area contributed by atoms with Gasteiger partial charge in [-0.1, -0.05) is 18.3 Å². The number of methoxy groups -OCH3 is 2. The third-order valence-corrected chi connectivity index (χ3v) is 7.62. The first-order chi connectivity index (χ1) is 19.5. The van der Waals surface area contributed by atoms with Gasteiger partial charge in [0.15, 0.2) is 16.6 Å². The summed E-state index contributed by atoms with van der Waals surface area (Å²) in [7, 11) is 3.10. The number of hydrogen-bond acceptors (Lipinski definition) is 9. The van der Waals surface area contributed by atoms with Crippen LogP contribution in [-0.4, -0.2) is 79.8 Å². The summed E-state index contributed by atoms with van der Waals surface area (Å²) in [5.74, 6) is 0.746. The van der Waals surface area contributed by atoms with Crippen molar-refractivity contribution in [1.29, 1.82) is 0 Å². The lowest BCUT2D eigenvalue weighted by Crippen LogP contribution is -2.55. The lowest BCUT2D eigenvalue weighted by Gasteiger charge is -2.36. The summed E-state index contributed by atoms with van der Waals surface area (Å²) in [5.41, 5.74) is 1.28. The van der Waals surface area contributed by atoms with Crippen molar-refractivity contribution in [1.82, 2.24) is 15.2 Å². The first-order valence-corrected chi connectivity index (χ1v) is 14.3. The molecule has 11 nitrogen and oxygen atoms in total. The molecule has 0 spiro atoms. The first-order valence-electron chi connectivity index (χ1n) is 13.5. The van der Waals surface area contributed by atoms with E-state index in [4.69, 9.17) is 19.2 Å². The zero-order chi connectivity index (χ0) is 29.7. The number of nitrogens with one attached hydrogen (secondary N) is 2. The lowest BCUT2D eigenvalue weighted by molar-refractivity contribution is -0.133. The van der Waals surface area contributed by atoms with Gasteiger partial charge in [-0.2, -0.15) is 0 Å². The van der Waals surface area contributed by atoms with Crippen LogP contribution >= 0.6 is 11.3 Å². The van der Waals surface area contributed by atoms with Crippen LogP contribution in [0.1, 0.15) is 44.5 Å². The summed E-state index contributed by atoms with van der Waals surface area (Å²) in [6.07, 6.45) is -0.125. The Bertz CT molecular complexity index is 1410. The predicted octanol–water partition coefficient (Wildman–Crippen LogP) is 4.52. The molecule has 2 heterocycles. The molecular weight excluding hydrogens is 546 g/mol. The van der Waals surface area contributed by atoms with Crippen molar-refractivity contribution < 1.29 is 28.6 Å². The molecule has 1 aliphatic rings. The second-order valence-corrected chi connectivity index (χ2v) is 11.6. The Balaban J connectivity index is 1.37. The van der Waals surface area contributed by atoms with Crippen LogP contribution in [0.2, 0.25) is 0 Å². The van der Waals surface area contributed by atoms with Gasteiger partial charge in [-0.25, -0.2) is 9.78 Å². The Kier molecular flexibility index (Phi) is 9.21. The van der Waals surface area contributed by atoms with Crippen LogP contribution in [0.4, 0.5) is 15.6 Å². The van der Waals surface area contributed by atoms with Crippen molar-refractivity contribution in [3.05, 3.63) is 42.0 Å². The molecular formula is C29H37N5O6S. The van der Waals surface area contributed by atoms with Crippen LogP contribution in [0, 0.1) is 0 Å². The van der Waals surface area contributed by atoms with Gasteiger partial charge in [-0.05, 0) is 57.5 Å². The van der Waals surface area contributed by atoms with Gasteiger partial charge < -0.3 is 34.6 Å². The molecule has 41 heavy (non-hydrogen) atoms. The monoisotopic (exact) mass is 583 g/mol. The molecule has 0 unspecified atom stereocenters. The SMILES string of the molecule is CC[C@H](NC(=O)OC(C)(C)C)C(=O)N1CCN(c2nc3ccc(C(=O)Nc4ccc(OC)c(OC)c4)cc3s2)CC1. The average Bonchev–Trinajstić information content (AvgIpc) is 3.38. The standard InChI is InChI=1S/C29H37N5O6S/c1-7-20(32-28(37)40-29(2,3)4)26(36)33-12-14-34(15-13-33)27-31-21-10-8-18(16-24(21)41-27)25(35)30-19-9-11-22(38-5)23(17-19)39-6/h8-11,16-17,20H,7,12-15H2,1-6H3,(H,30,35)(H,32,37)/t20-/m0/s1. The summed E-state index contributed by atoms with van der Waals surface area (Å²) >= 11 is 1.51. The Morgan fingerprint density at radius 1 is 1.00 bits per heavy atom. The Morgan fingerprint density at radius 3 is 2.34 bits per heavy atom. The zero-order valence-electron chi connectivity index (χ0n) is 24.3. The minimum Gasteiger partial charge on any atom is -0.493 e. The van der Waals surface area contributed by atoms with Crippen molar-refractivity contribution in [3.63, 3.8) is 0 Å². The molecule has 220 valence electrons. The molecule has 4 rings (SSSR count). The topological polar surface area (TPSA) is 122 Å². The number of carbonyl (C=O) groups excluding carboxylic acids is 3. The molecule has 0 bridgehead atoms. The number of ether oxygens (including phenoxy) is 3. The smallest absolute Gasteiger partial charge is 0.408 e. The highest BCUT2D eigenvalue weighted by Crippen LogP contribution is 2.32. The predicted molar refractivity (Wildman–Crippen MR) is 159 cm³/mol. The number of aromatic nitrogens is 1. The molecule has 2 N–H and O–H groups in total. The van der Waals surface area contributed by atoms with Gasteiger partial charge in [0, 0.05) is 43.5 Å². The number of thiazole rings is 1. The minimum absolute atomic E-state index is 0.118. The van der Waals surface area contributed by atoms with Crippen molar-refractivity contribution >= 4 is 50.3 Å². The number of fused-ring (bicyclic) bond motifs is 1. The summed E-state index contributed by atoms with van der Waals surface area (Å²) in [6.45, 7) is 9.47. The zero-order valence-corrected chi connectivity index (χ0v) is 25.1. The van der Waals surface area contributed by atoms with Crippen LogP contribution < -0.4 is 25.0 Å². The van der Waals surface area contributed by atoms with Gasteiger partial charge in [0.2, 0.25) is 5.91 Å². The first kappa shape index (κ1) is 29.9. The average molecular weight is 584 g/mol. The molecule has 0 radical (unpaired) electrons. The fourth-order valence-electron chi connectivity index (χ4n) is 4.43. The number of piperazine rings is 1. The lowest BCUT2D eigenvalue weighted by atomic mass is 10.1. The van der Waals surface area contributed by atoms with E-state index >= 15 is 0 Å². The van der Waals surface area contributed by atoms with Crippen LogP contribution in [0.25, 0.3) is 10.2 Å². The van der Waals surface area contributed by atoms with Crippen molar-refractivity contribution in [2.75, 3.05) is 50.6 Å². The van der Waals surface area contributed by atoms with Crippen LogP contribution in [0.3, 0.4) is 0 Å². The molecule has 1 atom stereocenters. The van der Waals surface area contributed by atoms with Crippen molar-refractivity contribution in [2.45, 2.75) is 45.8 Å². The number of carbonyl (C=O) groups is 3. The second-order valence-electron chi connectivity index (χ2n) is 10.6. The largest absolute Gasteiger partial charge is 0.493 e. The summed E-state index contributed by atoms with van der Waals surface area (Å²) in [6, 6.07) is 9.99. The molecule has 3 aromatic rings. The molecule has 1 aliphatic heterocycles. The van der Waals surface area contributed by atoms with Crippen molar-refractivity contribution in [2.24, 2.45) is 0 Å². The molecule has 12 heteroatoms.